The summed E-state index contributed by atoms with van der Waals surface area (Å²) in [6.45, 7) is 0.649. The number of nitrogens with zero attached hydrogens (tertiary/aromatic N) is 3. The van der Waals surface area contributed by atoms with Crippen molar-refractivity contribution in [2.24, 2.45) is 0 Å². The van der Waals surface area contributed by atoms with Gasteiger partial charge in [0.25, 0.3) is 0 Å². The van der Waals surface area contributed by atoms with Crippen LogP contribution in [0.4, 0.5) is 5.13 Å². The summed E-state index contributed by atoms with van der Waals surface area (Å²) in [6, 6.07) is 0.174. The number of hydrogen-bond donors (Lipinski definition) is 2. The molecule has 7 nitrogen and oxygen atoms in total. The molecule has 2 rings (SSSR count). The van der Waals surface area contributed by atoms with E-state index in [2.05, 4.69) is 15.5 Å². The van der Waals surface area contributed by atoms with Crippen LogP contribution in [0.25, 0.3) is 0 Å². The molecule has 19 heavy (non-hydrogen) atoms. The molecule has 1 fully saturated rings. The molecule has 9 heteroatoms. The molecule has 1 aliphatic rings. The van der Waals surface area contributed by atoms with Gasteiger partial charge in [0.15, 0.2) is 4.34 Å². The number of thioether (sulfide) groups is 1. The van der Waals surface area contributed by atoms with Crippen molar-refractivity contribution in [1.29, 1.82) is 0 Å². The van der Waals surface area contributed by atoms with E-state index in [1.165, 1.54) is 11.3 Å². The number of carboxylic acid groups (broad SMARTS) is 1. The number of likely N-dealkylation sites (tertiary alicyclic amines) is 1. The highest BCUT2D eigenvalue weighted by molar-refractivity contribution is 8.01. The summed E-state index contributed by atoms with van der Waals surface area (Å²) in [5.41, 5.74) is 0. The molecule has 0 spiro atoms. The molecule has 1 aliphatic heterocycles. The summed E-state index contributed by atoms with van der Waals surface area (Å²) < 4.78 is 0.630. The minimum Gasteiger partial charge on any atom is -0.481 e. The van der Waals surface area contributed by atoms with Gasteiger partial charge in [-0.15, -0.1) is 10.2 Å². The summed E-state index contributed by atoms with van der Waals surface area (Å²) in [5.74, 6) is -0.731. The van der Waals surface area contributed by atoms with E-state index < -0.39 is 5.97 Å². The Morgan fingerprint density at radius 2 is 2.42 bits per heavy atom. The summed E-state index contributed by atoms with van der Waals surface area (Å²) >= 11 is 2.49. The van der Waals surface area contributed by atoms with Gasteiger partial charge in [-0.1, -0.05) is 23.1 Å². The monoisotopic (exact) mass is 302 g/mol. The van der Waals surface area contributed by atoms with Gasteiger partial charge >= 0.3 is 5.97 Å². The van der Waals surface area contributed by atoms with E-state index in [0.29, 0.717) is 22.4 Å². The molecule has 104 valence electrons. The largest absolute Gasteiger partial charge is 0.481 e. The van der Waals surface area contributed by atoms with Crippen molar-refractivity contribution >= 4 is 40.1 Å². The second-order valence-electron chi connectivity index (χ2n) is 4.21. The Labute approximate surface area is 118 Å². The SMILES string of the molecule is CN1CC(Nc2nnc(SCC(=O)O)s2)CCC1=O. The van der Waals surface area contributed by atoms with Gasteiger partial charge in [-0.25, -0.2) is 0 Å². The predicted octanol–water partition coefficient (Wildman–Crippen LogP) is 0.747. The van der Waals surface area contributed by atoms with Gasteiger partial charge in [0.1, 0.15) is 0 Å². The molecule has 0 aromatic carbocycles. The zero-order valence-corrected chi connectivity index (χ0v) is 12.0. The molecule has 1 unspecified atom stereocenters. The number of rotatable bonds is 5. The first kappa shape index (κ1) is 14.1. The van der Waals surface area contributed by atoms with Gasteiger partial charge in [-0.2, -0.15) is 0 Å². The molecule has 0 radical (unpaired) electrons. The number of likely N-dealkylation sites (N-methyl/N-ethyl adjacent to an activating group) is 1. The normalized spacial score (nSPS) is 19.5. The summed E-state index contributed by atoms with van der Waals surface area (Å²) in [7, 11) is 1.78. The maximum Gasteiger partial charge on any atom is 0.313 e. The van der Waals surface area contributed by atoms with Crippen LogP contribution in [0.15, 0.2) is 4.34 Å². The first-order valence-electron chi connectivity index (χ1n) is 5.73. The highest BCUT2D eigenvalue weighted by atomic mass is 32.2. The molecule has 1 aromatic heterocycles. The van der Waals surface area contributed by atoms with Gasteiger partial charge in [-0.05, 0) is 6.42 Å². The molecular weight excluding hydrogens is 288 g/mol. The van der Waals surface area contributed by atoms with Crippen molar-refractivity contribution < 1.29 is 14.7 Å². The zero-order valence-electron chi connectivity index (χ0n) is 10.3. The van der Waals surface area contributed by atoms with Crippen molar-refractivity contribution in [2.45, 2.75) is 23.2 Å². The van der Waals surface area contributed by atoms with Crippen LogP contribution < -0.4 is 5.32 Å². The average Bonchev–Trinajstić information content (AvgIpc) is 2.79. The van der Waals surface area contributed by atoms with Gasteiger partial charge in [-0.3, -0.25) is 9.59 Å². The van der Waals surface area contributed by atoms with E-state index in [0.717, 1.165) is 18.2 Å². The van der Waals surface area contributed by atoms with Gasteiger partial charge in [0, 0.05) is 26.1 Å². The number of piperidine rings is 1. The van der Waals surface area contributed by atoms with E-state index in [-0.39, 0.29) is 17.7 Å². The summed E-state index contributed by atoms with van der Waals surface area (Å²) in [6.07, 6.45) is 1.31. The van der Waals surface area contributed by atoms with Gasteiger partial charge in [0.2, 0.25) is 11.0 Å². The zero-order chi connectivity index (χ0) is 13.8. The van der Waals surface area contributed by atoms with Crippen LogP contribution in [-0.2, 0) is 9.59 Å². The maximum atomic E-state index is 11.4. The van der Waals surface area contributed by atoms with Crippen molar-refractivity contribution in [1.82, 2.24) is 15.1 Å². The van der Waals surface area contributed by atoms with Crippen LogP contribution in [0.3, 0.4) is 0 Å². The number of hydrogen-bond acceptors (Lipinski definition) is 7. The highest BCUT2D eigenvalue weighted by Gasteiger charge is 2.23. The number of carboxylic acids is 1. The number of amides is 1. The number of carbonyl (C=O) groups is 2. The minimum atomic E-state index is -0.873. The van der Waals surface area contributed by atoms with Crippen molar-refractivity contribution in [3.8, 4) is 0 Å². The molecule has 0 bridgehead atoms. The Kier molecular flexibility index (Phi) is 4.59. The van der Waals surface area contributed by atoms with Crippen molar-refractivity contribution in [3.05, 3.63) is 0 Å². The molecule has 2 heterocycles. The first-order chi connectivity index (χ1) is 9.04. The second-order valence-corrected chi connectivity index (χ2v) is 6.41. The Bertz CT molecular complexity index is 479. The van der Waals surface area contributed by atoms with Crippen molar-refractivity contribution in [3.63, 3.8) is 0 Å². The molecule has 0 saturated carbocycles. The van der Waals surface area contributed by atoms with E-state index in [1.807, 2.05) is 0 Å². The van der Waals surface area contributed by atoms with Crippen LogP contribution in [0.1, 0.15) is 12.8 Å². The lowest BCUT2D eigenvalue weighted by Gasteiger charge is -2.29. The van der Waals surface area contributed by atoms with Gasteiger partial charge in [0.05, 0.1) is 5.75 Å². The Hall–Kier alpha value is -1.35. The number of nitrogens with one attached hydrogen (secondary N) is 1. The summed E-state index contributed by atoms with van der Waals surface area (Å²) in [4.78, 5) is 23.5. The van der Waals surface area contributed by atoms with E-state index >= 15 is 0 Å². The first-order valence-corrected chi connectivity index (χ1v) is 7.53. The lowest BCUT2D eigenvalue weighted by atomic mass is 10.1. The molecule has 1 atom stereocenters. The number of anilines is 1. The minimum absolute atomic E-state index is 0.0186. The third-order valence-corrected chi connectivity index (χ3v) is 4.65. The fourth-order valence-electron chi connectivity index (χ4n) is 1.75. The third-order valence-electron chi connectivity index (χ3n) is 2.68. The molecule has 1 saturated heterocycles. The van der Waals surface area contributed by atoms with Crippen LogP contribution in [0, 0.1) is 0 Å². The fraction of sp³-hybridized carbons (Fsp3) is 0.600. The van der Waals surface area contributed by atoms with E-state index in [4.69, 9.17) is 5.11 Å². The smallest absolute Gasteiger partial charge is 0.313 e. The standard InChI is InChI=1S/C10H14N4O3S2/c1-14-4-6(2-3-7(14)15)11-9-12-13-10(19-9)18-5-8(16)17/h6H,2-5H2,1H3,(H,11,12)(H,16,17). The summed E-state index contributed by atoms with van der Waals surface area (Å²) in [5, 5.41) is 20.4. The Balaban J connectivity index is 1.86. The van der Waals surface area contributed by atoms with Crippen LogP contribution >= 0.6 is 23.1 Å². The number of aliphatic carboxylic acids is 1. The highest BCUT2D eigenvalue weighted by Crippen LogP contribution is 2.26. The van der Waals surface area contributed by atoms with E-state index in [1.54, 1.807) is 11.9 Å². The van der Waals surface area contributed by atoms with Gasteiger partial charge < -0.3 is 15.3 Å². The Morgan fingerprint density at radius 3 is 3.11 bits per heavy atom. The fourth-order valence-corrected chi connectivity index (χ4v) is 3.30. The molecule has 2 N–H and O–H groups in total. The second kappa shape index (κ2) is 6.20. The predicted molar refractivity (Wildman–Crippen MR) is 72.6 cm³/mol. The quantitative estimate of drug-likeness (QED) is 0.775. The Morgan fingerprint density at radius 1 is 1.63 bits per heavy atom. The van der Waals surface area contributed by atoms with Crippen LogP contribution in [-0.4, -0.2) is 57.5 Å². The van der Waals surface area contributed by atoms with Crippen LogP contribution in [0.2, 0.25) is 0 Å². The maximum absolute atomic E-state index is 11.4. The van der Waals surface area contributed by atoms with Crippen LogP contribution in [0.5, 0.6) is 0 Å². The number of carbonyl (C=O) groups excluding carboxylic acids is 1. The molecular formula is C10H14N4O3S2. The lowest BCUT2D eigenvalue weighted by molar-refractivity contribution is -0.134. The molecule has 1 aromatic rings. The van der Waals surface area contributed by atoms with E-state index in [9.17, 15) is 9.59 Å². The molecule has 0 aliphatic carbocycles. The third kappa shape index (κ3) is 4.06. The molecule has 1 amide bonds. The average molecular weight is 302 g/mol. The lowest BCUT2D eigenvalue weighted by Crippen LogP contribution is -2.43. The number of aromatic nitrogens is 2. The van der Waals surface area contributed by atoms with Crippen molar-refractivity contribution in [2.75, 3.05) is 24.7 Å². The topological polar surface area (TPSA) is 95.4 Å².